The summed E-state index contributed by atoms with van der Waals surface area (Å²) in [6.45, 7) is 4.02. The molecule has 18 heavy (non-hydrogen) atoms. The number of nitrogens with zero attached hydrogens (tertiary/aromatic N) is 1. The molecule has 2 aromatic heterocycles. The van der Waals surface area contributed by atoms with Gasteiger partial charge in [0, 0.05) is 12.6 Å². The molecule has 0 fully saturated rings. The van der Waals surface area contributed by atoms with E-state index in [1.54, 1.807) is 0 Å². The molecule has 3 aromatic rings. The van der Waals surface area contributed by atoms with Crippen molar-refractivity contribution >= 4 is 22.5 Å². The van der Waals surface area contributed by atoms with E-state index in [0.29, 0.717) is 0 Å². The molecule has 0 amide bonds. The third-order valence-electron chi connectivity index (χ3n) is 2.94. The number of aryl methyl sites for hydroxylation is 2. The van der Waals surface area contributed by atoms with Crippen molar-refractivity contribution in [1.29, 1.82) is 0 Å². The first-order valence-corrected chi connectivity index (χ1v) is 5.94. The third kappa shape index (κ3) is 1.82. The molecule has 0 bridgehead atoms. The first kappa shape index (κ1) is 10.8. The Bertz CT molecular complexity index is 686. The highest BCUT2D eigenvalue weighted by Gasteiger charge is 2.15. The number of benzene rings is 1. The quantitative estimate of drug-likeness (QED) is 0.722. The summed E-state index contributed by atoms with van der Waals surface area (Å²) in [5.41, 5.74) is 3.21. The van der Waals surface area contributed by atoms with Gasteiger partial charge >= 0.3 is 0 Å². The number of fused-ring (bicyclic) bond motifs is 1. The molecule has 3 rings (SSSR count). The highest BCUT2D eigenvalue weighted by atomic mass is 15.1. The molecular weight excluding hydrogens is 224 g/mol. The van der Waals surface area contributed by atoms with E-state index in [-0.39, 0.29) is 0 Å². The molecule has 0 unspecified atom stereocenters. The summed E-state index contributed by atoms with van der Waals surface area (Å²) >= 11 is 0. The predicted molar refractivity (Wildman–Crippen MR) is 71.8 cm³/mol. The number of rotatable bonds is 2. The Morgan fingerprint density at radius 3 is 2.72 bits per heavy atom. The summed E-state index contributed by atoms with van der Waals surface area (Å²) in [6, 6.07) is 10.1. The van der Waals surface area contributed by atoms with Crippen LogP contribution in [0.2, 0.25) is 0 Å². The second kappa shape index (κ2) is 4.14. The van der Waals surface area contributed by atoms with Crippen LogP contribution >= 0.6 is 0 Å². The number of H-pyrrole nitrogens is 2. The molecule has 0 aliphatic heterocycles. The summed E-state index contributed by atoms with van der Waals surface area (Å²) in [6.07, 6.45) is 1.98. The van der Waals surface area contributed by atoms with Crippen LogP contribution in [0.1, 0.15) is 11.4 Å². The van der Waals surface area contributed by atoms with Crippen LogP contribution in [-0.2, 0) is 0 Å². The second-order valence-electron chi connectivity index (χ2n) is 4.38. The minimum atomic E-state index is 0.878. The van der Waals surface area contributed by atoms with Crippen LogP contribution in [0.3, 0.4) is 0 Å². The van der Waals surface area contributed by atoms with Gasteiger partial charge in [-0.15, -0.1) is 0 Å². The van der Waals surface area contributed by atoms with Gasteiger partial charge in [-0.05, 0) is 24.6 Å². The Kier molecular flexibility index (Phi) is 2.48. The fourth-order valence-corrected chi connectivity index (χ4v) is 2.11. The molecule has 4 nitrogen and oxygen atoms in total. The summed E-state index contributed by atoms with van der Waals surface area (Å²) in [7, 11) is 0. The molecular formula is C14H15N4+. The van der Waals surface area contributed by atoms with E-state index in [1.165, 1.54) is 5.56 Å². The Balaban J connectivity index is 2.13. The molecule has 0 saturated heterocycles. The van der Waals surface area contributed by atoms with Crippen molar-refractivity contribution < 1.29 is 4.98 Å². The van der Waals surface area contributed by atoms with E-state index in [1.807, 2.05) is 43.5 Å². The van der Waals surface area contributed by atoms with Gasteiger partial charge < -0.3 is 5.32 Å². The van der Waals surface area contributed by atoms with Gasteiger partial charge in [-0.3, -0.25) is 4.98 Å². The molecule has 0 aliphatic rings. The number of hydrogen-bond acceptors (Lipinski definition) is 2. The summed E-state index contributed by atoms with van der Waals surface area (Å²) in [5, 5.41) is 4.46. The van der Waals surface area contributed by atoms with Gasteiger partial charge in [-0.1, -0.05) is 23.2 Å². The lowest BCUT2D eigenvalue weighted by atomic mass is 10.2. The molecule has 1 aromatic carbocycles. The molecule has 90 valence electrons. The van der Waals surface area contributed by atoms with Crippen LogP contribution in [0.15, 0.2) is 36.5 Å². The maximum atomic E-state index is 4.54. The normalized spacial score (nSPS) is 10.8. The molecule has 0 atom stereocenters. The molecule has 0 saturated carbocycles. The van der Waals surface area contributed by atoms with Crippen LogP contribution in [0.5, 0.6) is 0 Å². The lowest BCUT2D eigenvalue weighted by Crippen LogP contribution is -2.13. The SMILES string of the molecule is Cc1nc(Nc2ccccc2)c2c(C)c[nH]c2[nH+]1. The first-order chi connectivity index (χ1) is 8.74. The second-order valence-corrected chi connectivity index (χ2v) is 4.38. The van der Waals surface area contributed by atoms with Crippen molar-refractivity contribution in [1.82, 2.24) is 9.97 Å². The average molecular weight is 239 g/mol. The molecule has 4 heteroatoms. The van der Waals surface area contributed by atoms with Crippen LogP contribution in [0, 0.1) is 13.8 Å². The number of para-hydroxylation sites is 1. The van der Waals surface area contributed by atoms with Crippen LogP contribution < -0.4 is 10.3 Å². The fraction of sp³-hybridized carbons (Fsp3) is 0.143. The Morgan fingerprint density at radius 2 is 1.94 bits per heavy atom. The van der Waals surface area contributed by atoms with E-state index < -0.39 is 0 Å². The fourth-order valence-electron chi connectivity index (χ4n) is 2.11. The van der Waals surface area contributed by atoms with Gasteiger partial charge in [0.25, 0.3) is 0 Å². The zero-order valence-corrected chi connectivity index (χ0v) is 10.4. The van der Waals surface area contributed by atoms with Crippen LogP contribution in [-0.4, -0.2) is 9.97 Å². The van der Waals surface area contributed by atoms with Gasteiger partial charge in [0.15, 0.2) is 0 Å². The highest BCUT2D eigenvalue weighted by molar-refractivity contribution is 5.90. The van der Waals surface area contributed by atoms with Crippen molar-refractivity contribution in [2.75, 3.05) is 5.32 Å². The molecule has 2 heterocycles. The Hall–Kier alpha value is -2.36. The van der Waals surface area contributed by atoms with Gasteiger partial charge in [0.2, 0.25) is 17.3 Å². The topological polar surface area (TPSA) is 54.9 Å². The monoisotopic (exact) mass is 239 g/mol. The maximum absolute atomic E-state index is 4.54. The van der Waals surface area contributed by atoms with E-state index in [4.69, 9.17) is 0 Å². The number of anilines is 2. The van der Waals surface area contributed by atoms with E-state index in [2.05, 4.69) is 27.2 Å². The molecule has 0 aliphatic carbocycles. The maximum Gasteiger partial charge on any atom is 0.236 e. The minimum Gasteiger partial charge on any atom is -0.326 e. The van der Waals surface area contributed by atoms with Gasteiger partial charge in [-0.2, -0.15) is 0 Å². The zero-order valence-electron chi connectivity index (χ0n) is 10.4. The number of hydrogen-bond donors (Lipinski definition) is 2. The first-order valence-electron chi connectivity index (χ1n) is 5.94. The Morgan fingerprint density at radius 1 is 1.17 bits per heavy atom. The van der Waals surface area contributed by atoms with Gasteiger partial charge in [-0.25, -0.2) is 4.98 Å². The standard InChI is InChI=1S/C14H14N4/c1-9-8-15-13-12(9)14(17-10(2)16-13)18-11-6-4-3-5-7-11/h3-8H,1-2H3,(H2,15,16,17,18)/p+1. The van der Waals surface area contributed by atoms with Crippen LogP contribution in [0.25, 0.3) is 11.0 Å². The lowest BCUT2D eigenvalue weighted by molar-refractivity contribution is -0.362. The van der Waals surface area contributed by atoms with E-state index in [9.17, 15) is 0 Å². The minimum absolute atomic E-state index is 0.878. The van der Waals surface area contributed by atoms with Gasteiger partial charge in [0.1, 0.15) is 5.39 Å². The smallest absolute Gasteiger partial charge is 0.236 e. The van der Waals surface area contributed by atoms with E-state index in [0.717, 1.165) is 28.4 Å². The number of aromatic amines is 2. The van der Waals surface area contributed by atoms with Crippen molar-refractivity contribution in [2.24, 2.45) is 0 Å². The largest absolute Gasteiger partial charge is 0.326 e. The summed E-state index contributed by atoms with van der Waals surface area (Å²) in [4.78, 5) is 11.0. The van der Waals surface area contributed by atoms with E-state index >= 15 is 0 Å². The zero-order chi connectivity index (χ0) is 12.5. The lowest BCUT2D eigenvalue weighted by Gasteiger charge is -2.04. The highest BCUT2D eigenvalue weighted by Crippen LogP contribution is 2.24. The van der Waals surface area contributed by atoms with Gasteiger partial charge in [0.05, 0.1) is 6.20 Å². The van der Waals surface area contributed by atoms with Crippen molar-refractivity contribution in [3.05, 3.63) is 47.9 Å². The predicted octanol–water partition coefficient (Wildman–Crippen LogP) is 2.74. The van der Waals surface area contributed by atoms with Crippen molar-refractivity contribution in [2.45, 2.75) is 13.8 Å². The van der Waals surface area contributed by atoms with Crippen LogP contribution in [0.4, 0.5) is 11.5 Å². The van der Waals surface area contributed by atoms with Crippen molar-refractivity contribution in [3.63, 3.8) is 0 Å². The number of aromatic nitrogens is 3. The molecule has 0 radical (unpaired) electrons. The molecule has 0 spiro atoms. The van der Waals surface area contributed by atoms with Crippen molar-refractivity contribution in [3.8, 4) is 0 Å². The summed E-state index contributed by atoms with van der Waals surface area (Å²) < 4.78 is 0. The summed E-state index contributed by atoms with van der Waals surface area (Å²) in [5.74, 6) is 1.76. The molecule has 3 N–H and O–H groups in total. The Labute approximate surface area is 105 Å². The number of nitrogens with one attached hydrogen (secondary N) is 3. The third-order valence-corrected chi connectivity index (χ3v) is 2.94. The average Bonchev–Trinajstić information content (AvgIpc) is 2.72.